The Morgan fingerprint density at radius 2 is 2.17 bits per heavy atom. The van der Waals surface area contributed by atoms with Crippen LogP contribution >= 0.6 is 0 Å². The smallest absolute Gasteiger partial charge is 0.255 e. The molecule has 0 bridgehead atoms. The summed E-state index contributed by atoms with van der Waals surface area (Å²) in [6.45, 7) is 2.65. The quantitative estimate of drug-likeness (QED) is 0.700. The summed E-state index contributed by atoms with van der Waals surface area (Å²) in [6, 6.07) is 6.25. The van der Waals surface area contributed by atoms with Crippen LogP contribution in [0.4, 0.5) is 4.39 Å². The minimum atomic E-state index is -0.407. The Bertz CT molecular complexity index is 636. The Labute approximate surface area is 134 Å². The van der Waals surface area contributed by atoms with Gasteiger partial charge in [0.1, 0.15) is 5.82 Å². The van der Waals surface area contributed by atoms with Gasteiger partial charge in [0.15, 0.2) is 0 Å². The normalized spacial score (nSPS) is 12.1. The second-order valence-electron chi connectivity index (χ2n) is 5.52. The standard InChI is InChI=1S/C17H22FN3O2/c1-2-5-12(8-9-22)10-19-17(23)14-11-20-21-16(14)13-6-3-4-7-15(13)18/h3-4,6-7,11-12,22H,2,5,8-10H2,1H3,(H,19,23)(H,20,21). The van der Waals surface area contributed by atoms with Crippen molar-refractivity contribution in [1.82, 2.24) is 15.5 Å². The molecule has 0 fully saturated rings. The van der Waals surface area contributed by atoms with E-state index >= 15 is 0 Å². The van der Waals surface area contributed by atoms with Crippen LogP contribution in [0.2, 0.25) is 0 Å². The predicted molar refractivity (Wildman–Crippen MR) is 86.4 cm³/mol. The van der Waals surface area contributed by atoms with Gasteiger partial charge in [0.05, 0.1) is 17.5 Å². The number of aliphatic hydroxyl groups excluding tert-OH is 1. The van der Waals surface area contributed by atoms with Crippen molar-refractivity contribution in [3.8, 4) is 11.3 Å². The lowest BCUT2D eigenvalue weighted by atomic mass is 10.00. The van der Waals surface area contributed by atoms with Crippen LogP contribution in [0.5, 0.6) is 0 Å². The molecule has 0 aliphatic rings. The maximum absolute atomic E-state index is 13.9. The predicted octanol–water partition coefficient (Wildman–Crippen LogP) is 2.74. The van der Waals surface area contributed by atoms with Gasteiger partial charge in [0.2, 0.25) is 0 Å². The van der Waals surface area contributed by atoms with Crippen molar-refractivity contribution in [2.45, 2.75) is 26.2 Å². The molecule has 5 nitrogen and oxygen atoms in total. The molecule has 1 atom stereocenters. The highest BCUT2D eigenvalue weighted by molar-refractivity contribution is 5.99. The number of H-pyrrole nitrogens is 1. The first-order chi connectivity index (χ1) is 11.2. The van der Waals surface area contributed by atoms with Crippen molar-refractivity contribution >= 4 is 5.91 Å². The molecule has 0 aliphatic carbocycles. The maximum atomic E-state index is 13.9. The van der Waals surface area contributed by atoms with Crippen LogP contribution in [0, 0.1) is 11.7 Å². The average Bonchev–Trinajstić information content (AvgIpc) is 3.02. The third kappa shape index (κ3) is 4.39. The van der Waals surface area contributed by atoms with Gasteiger partial charge in [-0.2, -0.15) is 5.10 Å². The summed E-state index contributed by atoms with van der Waals surface area (Å²) in [5.74, 6) is -0.469. The van der Waals surface area contributed by atoms with Gasteiger partial charge in [-0.25, -0.2) is 4.39 Å². The molecule has 1 heterocycles. The summed E-state index contributed by atoms with van der Waals surface area (Å²) in [4.78, 5) is 12.4. The zero-order valence-corrected chi connectivity index (χ0v) is 13.2. The SMILES string of the molecule is CCCC(CCO)CNC(=O)c1cn[nH]c1-c1ccccc1F. The third-order valence-corrected chi connectivity index (χ3v) is 3.81. The zero-order valence-electron chi connectivity index (χ0n) is 13.2. The minimum absolute atomic E-state index is 0.104. The summed E-state index contributed by atoms with van der Waals surface area (Å²) in [6.07, 6.45) is 3.98. The van der Waals surface area contributed by atoms with Crippen LogP contribution in [-0.2, 0) is 0 Å². The van der Waals surface area contributed by atoms with E-state index < -0.39 is 5.82 Å². The molecular formula is C17H22FN3O2. The number of aromatic amines is 1. The molecule has 1 amide bonds. The van der Waals surface area contributed by atoms with E-state index in [0.717, 1.165) is 12.8 Å². The van der Waals surface area contributed by atoms with Crippen molar-refractivity contribution < 1.29 is 14.3 Å². The van der Waals surface area contributed by atoms with Gasteiger partial charge in [0.25, 0.3) is 5.91 Å². The summed E-state index contributed by atoms with van der Waals surface area (Å²) < 4.78 is 13.9. The van der Waals surface area contributed by atoms with Crippen LogP contribution in [0.3, 0.4) is 0 Å². The number of rotatable bonds is 8. The summed E-state index contributed by atoms with van der Waals surface area (Å²) in [7, 11) is 0. The molecule has 2 aromatic rings. The molecule has 1 aromatic heterocycles. The molecule has 1 unspecified atom stereocenters. The molecule has 0 aliphatic heterocycles. The molecule has 124 valence electrons. The van der Waals surface area contributed by atoms with E-state index in [1.54, 1.807) is 18.2 Å². The van der Waals surface area contributed by atoms with E-state index in [-0.39, 0.29) is 18.4 Å². The van der Waals surface area contributed by atoms with Gasteiger partial charge in [-0.1, -0.05) is 25.5 Å². The van der Waals surface area contributed by atoms with Crippen LogP contribution in [-0.4, -0.2) is 34.4 Å². The van der Waals surface area contributed by atoms with Crippen molar-refractivity contribution in [3.63, 3.8) is 0 Å². The molecule has 23 heavy (non-hydrogen) atoms. The van der Waals surface area contributed by atoms with E-state index in [1.807, 2.05) is 0 Å². The number of amides is 1. The number of hydrogen-bond donors (Lipinski definition) is 3. The molecule has 0 saturated carbocycles. The van der Waals surface area contributed by atoms with Gasteiger partial charge in [-0.3, -0.25) is 9.89 Å². The summed E-state index contributed by atoms with van der Waals surface area (Å²) in [5, 5.41) is 18.5. The van der Waals surface area contributed by atoms with E-state index in [1.165, 1.54) is 12.3 Å². The number of benzene rings is 1. The number of carbonyl (C=O) groups is 1. The monoisotopic (exact) mass is 319 g/mol. The highest BCUT2D eigenvalue weighted by Crippen LogP contribution is 2.23. The Morgan fingerprint density at radius 1 is 1.39 bits per heavy atom. The van der Waals surface area contributed by atoms with E-state index in [9.17, 15) is 9.18 Å². The number of halogens is 1. The fraction of sp³-hybridized carbons (Fsp3) is 0.412. The minimum Gasteiger partial charge on any atom is -0.396 e. The molecule has 0 radical (unpaired) electrons. The second kappa shape index (κ2) is 8.43. The first kappa shape index (κ1) is 17.1. The molecule has 0 spiro atoms. The Hall–Kier alpha value is -2.21. The largest absolute Gasteiger partial charge is 0.396 e. The second-order valence-corrected chi connectivity index (χ2v) is 5.52. The number of hydrogen-bond acceptors (Lipinski definition) is 3. The molecule has 2 rings (SSSR count). The van der Waals surface area contributed by atoms with Gasteiger partial charge in [0, 0.05) is 18.7 Å². The lowest BCUT2D eigenvalue weighted by Gasteiger charge is -2.15. The number of carbonyl (C=O) groups excluding carboxylic acids is 1. The van der Waals surface area contributed by atoms with Crippen LogP contribution < -0.4 is 5.32 Å². The zero-order chi connectivity index (χ0) is 16.7. The first-order valence-corrected chi connectivity index (χ1v) is 7.84. The van der Waals surface area contributed by atoms with Crippen LogP contribution in [0.25, 0.3) is 11.3 Å². The Balaban J connectivity index is 2.09. The number of nitrogens with one attached hydrogen (secondary N) is 2. The van der Waals surface area contributed by atoms with E-state index in [4.69, 9.17) is 5.11 Å². The fourth-order valence-electron chi connectivity index (χ4n) is 2.60. The van der Waals surface area contributed by atoms with Crippen molar-refractivity contribution in [1.29, 1.82) is 0 Å². The van der Waals surface area contributed by atoms with Gasteiger partial charge in [-0.15, -0.1) is 0 Å². The summed E-state index contributed by atoms with van der Waals surface area (Å²) >= 11 is 0. The highest BCUT2D eigenvalue weighted by atomic mass is 19.1. The number of aliphatic hydroxyl groups is 1. The number of aromatic nitrogens is 2. The van der Waals surface area contributed by atoms with E-state index in [0.29, 0.717) is 29.8 Å². The molecule has 3 N–H and O–H groups in total. The van der Waals surface area contributed by atoms with Crippen LogP contribution in [0.1, 0.15) is 36.5 Å². The molecule has 6 heteroatoms. The van der Waals surface area contributed by atoms with Gasteiger partial charge >= 0.3 is 0 Å². The molecule has 1 aromatic carbocycles. The first-order valence-electron chi connectivity index (χ1n) is 7.84. The molecule has 0 saturated heterocycles. The number of nitrogens with zero attached hydrogens (tertiary/aromatic N) is 1. The van der Waals surface area contributed by atoms with Crippen molar-refractivity contribution in [2.75, 3.05) is 13.2 Å². The maximum Gasteiger partial charge on any atom is 0.255 e. The Morgan fingerprint density at radius 3 is 2.87 bits per heavy atom. The van der Waals surface area contributed by atoms with Crippen LogP contribution in [0.15, 0.2) is 30.5 Å². The van der Waals surface area contributed by atoms with Gasteiger partial charge in [-0.05, 0) is 30.9 Å². The Kier molecular flexibility index (Phi) is 6.29. The average molecular weight is 319 g/mol. The topological polar surface area (TPSA) is 78.0 Å². The van der Waals surface area contributed by atoms with Crippen molar-refractivity contribution in [3.05, 3.63) is 41.8 Å². The van der Waals surface area contributed by atoms with Crippen molar-refractivity contribution in [2.24, 2.45) is 5.92 Å². The fourth-order valence-corrected chi connectivity index (χ4v) is 2.60. The third-order valence-electron chi connectivity index (χ3n) is 3.81. The molecular weight excluding hydrogens is 297 g/mol. The lowest BCUT2D eigenvalue weighted by Crippen LogP contribution is -2.30. The highest BCUT2D eigenvalue weighted by Gasteiger charge is 2.18. The summed E-state index contributed by atoms with van der Waals surface area (Å²) in [5.41, 5.74) is 1.000. The van der Waals surface area contributed by atoms with Gasteiger partial charge < -0.3 is 10.4 Å². The lowest BCUT2D eigenvalue weighted by molar-refractivity contribution is 0.0943. The van der Waals surface area contributed by atoms with E-state index in [2.05, 4.69) is 22.4 Å².